The minimum Gasteiger partial charge on any atom is -0.327 e. The normalized spacial score (nSPS) is 31.3. The number of hydrogen-bond acceptors (Lipinski definition) is 1. The molecule has 1 nitrogen and oxygen atoms in total. The lowest BCUT2D eigenvalue weighted by Crippen LogP contribution is -2.44. The Bertz CT molecular complexity index is 323. The van der Waals surface area contributed by atoms with Gasteiger partial charge >= 0.3 is 0 Å². The van der Waals surface area contributed by atoms with Crippen LogP contribution in [0.15, 0.2) is 18.2 Å². The van der Waals surface area contributed by atoms with Crippen LogP contribution in [0.5, 0.6) is 0 Å². The summed E-state index contributed by atoms with van der Waals surface area (Å²) >= 11 is 0. The molecule has 2 rings (SSSR count). The fraction of sp³-hybridized carbons (Fsp3) is 0.538. The first-order chi connectivity index (χ1) is 6.58. The average Bonchev–Trinajstić information content (AvgIpc) is 2.11. The van der Waals surface area contributed by atoms with E-state index in [-0.39, 0.29) is 0 Å². The molecule has 0 heterocycles. The Labute approximate surface area is 86.3 Å². The van der Waals surface area contributed by atoms with E-state index in [9.17, 15) is 0 Å². The van der Waals surface area contributed by atoms with Gasteiger partial charge in [-0.05, 0) is 37.7 Å². The van der Waals surface area contributed by atoms with Crippen molar-refractivity contribution >= 4 is 0 Å². The zero-order valence-electron chi connectivity index (χ0n) is 9.25. The third-order valence-corrected chi connectivity index (χ3v) is 3.51. The summed E-state index contributed by atoms with van der Waals surface area (Å²) in [7, 11) is 0. The molecule has 0 spiro atoms. The van der Waals surface area contributed by atoms with Crippen LogP contribution >= 0.6 is 0 Å². The first kappa shape index (κ1) is 9.72. The largest absolute Gasteiger partial charge is 0.327 e. The summed E-state index contributed by atoms with van der Waals surface area (Å²) < 4.78 is 0. The smallest absolute Gasteiger partial charge is 0.00763 e. The van der Waals surface area contributed by atoms with Crippen LogP contribution in [-0.2, 0) is 0 Å². The quantitative estimate of drug-likeness (QED) is 0.722. The molecule has 0 saturated heterocycles. The number of nitrogens with two attached hydrogens (primary N) is 1. The fourth-order valence-electron chi connectivity index (χ4n) is 2.49. The van der Waals surface area contributed by atoms with Crippen LogP contribution in [0.2, 0.25) is 0 Å². The molecular formula is C13H19N. The molecule has 3 unspecified atom stereocenters. The molecule has 1 fully saturated rings. The summed E-state index contributed by atoms with van der Waals surface area (Å²) in [4.78, 5) is 0. The number of benzene rings is 1. The second-order valence-electron chi connectivity index (χ2n) is 4.79. The number of hydrogen-bond donors (Lipinski definition) is 1. The lowest BCUT2D eigenvalue weighted by molar-refractivity contribution is 0.226. The van der Waals surface area contributed by atoms with Crippen LogP contribution in [0.3, 0.4) is 0 Å². The SMILES string of the molecule is Cc1cc(C)cc(C2CC(N)C2C)c1. The van der Waals surface area contributed by atoms with E-state index in [1.165, 1.54) is 16.7 Å². The molecule has 1 heteroatoms. The molecule has 1 saturated carbocycles. The summed E-state index contributed by atoms with van der Waals surface area (Å²) in [6.07, 6.45) is 1.16. The summed E-state index contributed by atoms with van der Waals surface area (Å²) in [6, 6.07) is 7.26. The molecule has 1 aliphatic carbocycles. The fourth-order valence-corrected chi connectivity index (χ4v) is 2.49. The van der Waals surface area contributed by atoms with Crippen LogP contribution in [0.1, 0.15) is 36.0 Å². The van der Waals surface area contributed by atoms with E-state index in [1.807, 2.05) is 0 Å². The second-order valence-corrected chi connectivity index (χ2v) is 4.79. The van der Waals surface area contributed by atoms with Crippen molar-refractivity contribution in [2.45, 2.75) is 39.2 Å². The van der Waals surface area contributed by atoms with E-state index in [0.29, 0.717) is 17.9 Å². The molecule has 14 heavy (non-hydrogen) atoms. The summed E-state index contributed by atoms with van der Waals surface area (Å²) in [6.45, 7) is 6.59. The maximum absolute atomic E-state index is 5.93. The monoisotopic (exact) mass is 189 g/mol. The van der Waals surface area contributed by atoms with Gasteiger partial charge in [-0.15, -0.1) is 0 Å². The van der Waals surface area contributed by atoms with E-state index < -0.39 is 0 Å². The van der Waals surface area contributed by atoms with Gasteiger partial charge in [-0.2, -0.15) is 0 Å². The second kappa shape index (κ2) is 3.39. The van der Waals surface area contributed by atoms with Gasteiger partial charge in [0.25, 0.3) is 0 Å². The third-order valence-electron chi connectivity index (χ3n) is 3.51. The minimum atomic E-state index is 0.417. The van der Waals surface area contributed by atoms with Crippen molar-refractivity contribution in [1.82, 2.24) is 0 Å². The number of aryl methyl sites for hydroxylation is 2. The molecule has 0 amide bonds. The minimum absolute atomic E-state index is 0.417. The summed E-state index contributed by atoms with van der Waals surface area (Å²) in [5.41, 5.74) is 10.1. The number of rotatable bonds is 1. The van der Waals surface area contributed by atoms with Gasteiger partial charge in [0.05, 0.1) is 0 Å². The van der Waals surface area contributed by atoms with Gasteiger partial charge in [0.1, 0.15) is 0 Å². The first-order valence-corrected chi connectivity index (χ1v) is 5.41. The molecule has 1 aromatic rings. The van der Waals surface area contributed by atoms with Crippen LogP contribution in [-0.4, -0.2) is 6.04 Å². The van der Waals surface area contributed by atoms with Crippen molar-refractivity contribution in [3.8, 4) is 0 Å². The molecule has 0 bridgehead atoms. The lowest BCUT2D eigenvalue weighted by atomic mass is 9.67. The first-order valence-electron chi connectivity index (χ1n) is 5.41. The molecule has 0 aliphatic heterocycles. The molecule has 1 aliphatic rings. The van der Waals surface area contributed by atoms with Crippen molar-refractivity contribution in [2.75, 3.05) is 0 Å². The Morgan fingerprint density at radius 3 is 2.14 bits per heavy atom. The predicted octanol–water partition coefficient (Wildman–Crippen LogP) is 2.75. The predicted molar refractivity (Wildman–Crippen MR) is 60.4 cm³/mol. The highest BCUT2D eigenvalue weighted by Crippen LogP contribution is 2.41. The van der Waals surface area contributed by atoms with Gasteiger partial charge in [-0.1, -0.05) is 36.2 Å². The van der Waals surface area contributed by atoms with Crippen molar-refractivity contribution < 1.29 is 0 Å². The molecule has 1 aromatic carbocycles. The molecule has 2 N–H and O–H groups in total. The highest BCUT2D eigenvalue weighted by atomic mass is 14.7. The zero-order valence-corrected chi connectivity index (χ0v) is 9.25. The van der Waals surface area contributed by atoms with Gasteiger partial charge in [0.2, 0.25) is 0 Å². The molecular weight excluding hydrogens is 170 g/mol. The van der Waals surface area contributed by atoms with Crippen molar-refractivity contribution in [2.24, 2.45) is 11.7 Å². The maximum atomic E-state index is 5.93. The van der Waals surface area contributed by atoms with Gasteiger partial charge in [-0.3, -0.25) is 0 Å². The molecule has 0 aromatic heterocycles. The van der Waals surface area contributed by atoms with Crippen LogP contribution in [0.4, 0.5) is 0 Å². The Hall–Kier alpha value is -0.820. The van der Waals surface area contributed by atoms with Gasteiger partial charge in [0, 0.05) is 6.04 Å². The lowest BCUT2D eigenvalue weighted by Gasteiger charge is -2.41. The highest BCUT2D eigenvalue weighted by Gasteiger charge is 2.35. The van der Waals surface area contributed by atoms with Crippen molar-refractivity contribution in [1.29, 1.82) is 0 Å². The Balaban J connectivity index is 2.25. The topological polar surface area (TPSA) is 26.0 Å². The third kappa shape index (κ3) is 1.57. The Kier molecular flexibility index (Phi) is 2.36. The van der Waals surface area contributed by atoms with E-state index in [1.54, 1.807) is 0 Å². The van der Waals surface area contributed by atoms with Crippen molar-refractivity contribution in [3.05, 3.63) is 34.9 Å². The van der Waals surface area contributed by atoms with E-state index >= 15 is 0 Å². The van der Waals surface area contributed by atoms with Gasteiger partial charge < -0.3 is 5.73 Å². The van der Waals surface area contributed by atoms with Gasteiger partial charge in [0.15, 0.2) is 0 Å². The van der Waals surface area contributed by atoms with E-state index in [4.69, 9.17) is 5.73 Å². The highest BCUT2D eigenvalue weighted by molar-refractivity contribution is 5.33. The molecule has 0 radical (unpaired) electrons. The maximum Gasteiger partial charge on any atom is 0.00763 e. The Morgan fingerprint density at radius 2 is 1.71 bits per heavy atom. The Morgan fingerprint density at radius 1 is 1.14 bits per heavy atom. The van der Waals surface area contributed by atoms with Crippen LogP contribution < -0.4 is 5.73 Å². The summed E-state index contributed by atoms with van der Waals surface area (Å²) in [5, 5.41) is 0. The average molecular weight is 189 g/mol. The van der Waals surface area contributed by atoms with Crippen LogP contribution in [0.25, 0.3) is 0 Å². The van der Waals surface area contributed by atoms with Crippen LogP contribution in [0, 0.1) is 19.8 Å². The molecule has 3 atom stereocenters. The van der Waals surface area contributed by atoms with E-state index in [2.05, 4.69) is 39.0 Å². The zero-order chi connectivity index (χ0) is 10.3. The molecule has 76 valence electrons. The van der Waals surface area contributed by atoms with Crippen molar-refractivity contribution in [3.63, 3.8) is 0 Å². The van der Waals surface area contributed by atoms with E-state index in [0.717, 1.165) is 6.42 Å². The standard InChI is InChI=1S/C13H19N/c1-8-4-9(2)6-11(5-8)12-7-13(14)10(12)3/h4-6,10,12-13H,7,14H2,1-3H3. The van der Waals surface area contributed by atoms with Gasteiger partial charge in [-0.25, -0.2) is 0 Å². The summed E-state index contributed by atoms with van der Waals surface area (Å²) in [5.74, 6) is 1.35.